The molecule has 0 bridgehead atoms. The lowest BCUT2D eigenvalue weighted by Gasteiger charge is -2.18. The van der Waals surface area contributed by atoms with Crippen molar-refractivity contribution in [2.45, 2.75) is 45.3 Å². The highest BCUT2D eigenvalue weighted by Gasteiger charge is 2.23. The van der Waals surface area contributed by atoms with Gasteiger partial charge in [0.2, 0.25) is 0 Å². The van der Waals surface area contributed by atoms with Crippen molar-refractivity contribution in [2.24, 2.45) is 5.92 Å². The topological polar surface area (TPSA) is 9.23 Å². The fourth-order valence-electron chi connectivity index (χ4n) is 2.37. The first kappa shape index (κ1) is 10.7. The summed E-state index contributed by atoms with van der Waals surface area (Å²) >= 11 is 0. The van der Waals surface area contributed by atoms with E-state index in [4.69, 9.17) is 4.74 Å². The first-order valence-electron chi connectivity index (χ1n) is 5.96. The highest BCUT2D eigenvalue weighted by atomic mass is 16.5. The minimum Gasteiger partial charge on any atom is -0.371 e. The Hall–Kier alpha value is -0.820. The molecule has 0 aliphatic heterocycles. The third-order valence-corrected chi connectivity index (χ3v) is 3.31. The van der Waals surface area contributed by atoms with E-state index in [1.165, 1.54) is 24.8 Å². The number of benzene rings is 1. The zero-order valence-corrected chi connectivity index (χ0v) is 9.65. The van der Waals surface area contributed by atoms with Gasteiger partial charge in [0.1, 0.15) is 0 Å². The minimum absolute atomic E-state index is 0.237. The van der Waals surface area contributed by atoms with Crippen molar-refractivity contribution in [3.05, 3.63) is 35.9 Å². The van der Waals surface area contributed by atoms with Gasteiger partial charge in [-0.1, -0.05) is 37.3 Å². The largest absolute Gasteiger partial charge is 0.371 e. The molecule has 3 atom stereocenters. The molecule has 0 heterocycles. The molecule has 1 aromatic carbocycles. The molecule has 0 aromatic heterocycles. The summed E-state index contributed by atoms with van der Waals surface area (Å²) in [5.41, 5.74) is 1.29. The lowest BCUT2D eigenvalue weighted by atomic mass is 10.1. The van der Waals surface area contributed by atoms with Gasteiger partial charge in [-0.3, -0.25) is 0 Å². The maximum Gasteiger partial charge on any atom is 0.0800 e. The lowest BCUT2D eigenvalue weighted by Crippen LogP contribution is -2.11. The van der Waals surface area contributed by atoms with Crippen molar-refractivity contribution >= 4 is 0 Å². The zero-order valence-electron chi connectivity index (χ0n) is 9.65. The SMILES string of the molecule is CC1CC[C@H](OC(C)c2ccccc2)C1. The van der Waals surface area contributed by atoms with Gasteiger partial charge in [0.05, 0.1) is 12.2 Å². The monoisotopic (exact) mass is 204 g/mol. The van der Waals surface area contributed by atoms with Gasteiger partial charge >= 0.3 is 0 Å². The van der Waals surface area contributed by atoms with Crippen LogP contribution < -0.4 is 0 Å². The Morgan fingerprint density at radius 3 is 2.53 bits per heavy atom. The summed E-state index contributed by atoms with van der Waals surface area (Å²) in [5.74, 6) is 0.845. The van der Waals surface area contributed by atoms with Crippen molar-refractivity contribution in [3.63, 3.8) is 0 Å². The van der Waals surface area contributed by atoms with E-state index in [-0.39, 0.29) is 6.10 Å². The predicted molar refractivity (Wildman–Crippen MR) is 62.7 cm³/mol. The number of hydrogen-bond donors (Lipinski definition) is 0. The van der Waals surface area contributed by atoms with Gasteiger partial charge in [-0.2, -0.15) is 0 Å². The molecule has 0 radical (unpaired) electrons. The number of ether oxygens (including phenoxy) is 1. The van der Waals surface area contributed by atoms with Crippen molar-refractivity contribution in [1.29, 1.82) is 0 Å². The highest BCUT2D eigenvalue weighted by Crippen LogP contribution is 2.31. The summed E-state index contributed by atoms with van der Waals surface area (Å²) < 4.78 is 6.07. The molecule has 1 heteroatoms. The first-order valence-corrected chi connectivity index (χ1v) is 5.96. The molecular formula is C14H20O. The summed E-state index contributed by atoms with van der Waals surface area (Å²) in [6, 6.07) is 10.5. The molecule has 0 spiro atoms. The Labute approximate surface area is 92.5 Å². The predicted octanol–water partition coefficient (Wildman–Crippen LogP) is 3.95. The molecule has 2 unspecified atom stereocenters. The maximum absolute atomic E-state index is 6.07. The van der Waals surface area contributed by atoms with Crippen LogP contribution in [0.4, 0.5) is 0 Å². The van der Waals surface area contributed by atoms with E-state index in [9.17, 15) is 0 Å². The number of hydrogen-bond acceptors (Lipinski definition) is 1. The fourth-order valence-corrected chi connectivity index (χ4v) is 2.37. The van der Waals surface area contributed by atoms with Crippen LogP contribution in [-0.4, -0.2) is 6.10 Å². The van der Waals surface area contributed by atoms with E-state index in [1.807, 2.05) is 6.07 Å². The molecule has 15 heavy (non-hydrogen) atoms. The van der Waals surface area contributed by atoms with E-state index in [2.05, 4.69) is 38.1 Å². The van der Waals surface area contributed by atoms with Crippen LogP contribution in [0.3, 0.4) is 0 Å². The highest BCUT2D eigenvalue weighted by molar-refractivity contribution is 5.16. The minimum atomic E-state index is 0.237. The van der Waals surface area contributed by atoms with E-state index in [1.54, 1.807) is 0 Å². The summed E-state index contributed by atoms with van der Waals surface area (Å²) in [7, 11) is 0. The van der Waals surface area contributed by atoms with E-state index in [0.29, 0.717) is 6.10 Å². The molecular weight excluding hydrogens is 184 g/mol. The first-order chi connectivity index (χ1) is 7.25. The van der Waals surface area contributed by atoms with Gasteiger partial charge in [-0.05, 0) is 37.7 Å². The van der Waals surface area contributed by atoms with Crippen LogP contribution in [0.5, 0.6) is 0 Å². The Kier molecular flexibility index (Phi) is 3.42. The normalized spacial score (nSPS) is 27.9. The van der Waals surface area contributed by atoms with Crippen LogP contribution in [-0.2, 0) is 4.74 Å². The van der Waals surface area contributed by atoms with Crippen LogP contribution >= 0.6 is 0 Å². The Morgan fingerprint density at radius 2 is 1.93 bits per heavy atom. The van der Waals surface area contributed by atoms with E-state index in [0.717, 1.165) is 5.92 Å². The van der Waals surface area contributed by atoms with Crippen molar-refractivity contribution in [1.82, 2.24) is 0 Å². The standard InChI is InChI=1S/C14H20O/c1-11-8-9-14(10-11)15-12(2)13-6-4-3-5-7-13/h3-7,11-12,14H,8-10H2,1-2H3/t11?,12?,14-/m0/s1. The van der Waals surface area contributed by atoms with Crippen molar-refractivity contribution < 1.29 is 4.74 Å². The van der Waals surface area contributed by atoms with Gasteiger partial charge in [0.15, 0.2) is 0 Å². The van der Waals surface area contributed by atoms with Crippen molar-refractivity contribution in [3.8, 4) is 0 Å². The van der Waals surface area contributed by atoms with E-state index >= 15 is 0 Å². The molecule has 82 valence electrons. The third-order valence-electron chi connectivity index (χ3n) is 3.31. The second kappa shape index (κ2) is 4.80. The quantitative estimate of drug-likeness (QED) is 0.724. The summed E-state index contributed by atoms with van der Waals surface area (Å²) in [4.78, 5) is 0. The zero-order chi connectivity index (χ0) is 10.7. The molecule has 0 amide bonds. The molecule has 1 nitrogen and oxygen atoms in total. The van der Waals surface area contributed by atoms with Gasteiger partial charge < -0.3 is 4.74 Å². The molecule has 0 N–H and O–H groups in total. The van der Waals surface area contributed by atoms with Crippen LogP contribution in [0.15, 0.2) is 30.3 Å². The fraction of sp³-hybridized carbons (Fsp3) is 0.571. The molecule has 1 saturated carbocycles. The third kappa shape index (κ3) is 2.82. The summed E-state index contributed by atoms with van der Waals surface area (Å²) in [6.07, 6.45) is 4.51. The molecule has 1 fully saturated rings. The molecule has 0 saturated heterocycles. The van der Waals surface area contributed by atoms with Gasteiger partial charge in [-0.15, -0.1) is 0 Å². The molecule has 2 rings (SSSR count). The second-order valence-electron chi connectivity index (χ2n) is 4.73. The van der Waals surface area contributed by atoms with Crippen LogP contribution in [0.25, 0.3) is 0 Å². The average molecular weight is 204 g/mol. The number of rotatable bonds is 3. The Bertz CT molecular complexity index is 293. The Morgan fingerprint density at radius 1 is 1.20 bits per heavy atom. The Balaban J connectivity index is 1.90. The summed E-state index contributed by atoms with van der Waals surface area (Å²) in [5, 5.41) is 0. The molecule has 1 aromatic rings. The van der Waals surface area contributed by atoms with Crippen LogP contribution in [0.1, 0.15) is 44.8 Å². The molecule has 1 aliphatic rings. The lowest BCUT2D eigenvalue weighted by molar-refractivity contribution is -0.000767. The van der Waals surface area contributed by atoms with Gasteiger partial charge in [-0.25, -0.2) is 0 Å². The van der Waals surface area contributed by atoms with Gasteiger partial charge in [0, 0.05) is 0 Å². The smallest absolute Gasteiger partial charge is 0.0800 e. The second-order valence-corrected chi connectivity index (χ2v) is 4.73. The molecule has 1 aliphatic carbocycles. The summed E-state index contributed by atoms with van der Waals surface area (Å²) in [6.45, 7) is 4.47. The van der Waals surface area contributed by atoms with Crippen LogP contribution in [0.2, 0.25) is 0 Å². The van der Waals surface area contributed by atoms with Crippen LogP contribution in [0, 0.1) is 5.92 Å². The van der Waals surface area contributed by atoms with Crippen molar-refractivity contribution in [2.75, 3.05) is 0 Å². The average Bonchev–Trinajstić information content (AvgIpc) is 2.65. The van der Waals surface area contributed by atoms with Gasteiger partial charge in [0.25, 0.3) is 0 Å². The van der Waals surface area contributed by atoms with E-state index < -0.39 is 0 Å². The maximum atomic E-state index is 6.07.